The zero-order valence-electron chi connectivity index (χ0n) is 11.0. The summed E-state index contributed by atoms with van der Waals surface area (Å²) in [5.41, 5.74) is 0. The van der Waals surface area contributed by atoms with E-state index in [1.165, 1.54) is 11.8 Å². The first-order valence-electron chi connectivity index (χ1n) is 5.69. The van der Waals surface area contributed by atoms with E-state index < -0.39 is 15.9 Å². The van der Waals surface area contributed by atoms with Crippen molar-refractivity contribution in [1.82, 2.24) is 4.90 Å². The summed E-state index contributed by atoms with van der Waals surface area (Å²) in [5, 5.41) is 0. The van der Waals surface area contributed by atoms with Gasteiger partial charge in [-0.15, -0.1) is 0 Å². The van der Waals surface area contributed by atoms with Crippen LogP contribution >= 0.6 is 11.8 Å². The van der Waals surface area contributed by atoms with Gasteiger partial charge in [0.25, 0.3) is 0 Å². The van der Waals surface area contributed by atoms with Gasteiger partial charge in [0.15, 0.2) is 0 Å². The van der Waals surface area contributed by atoms with Crippen LogP contribution in [-0.4, -0.2) is 59.9 Å². The van der Waals surface area contributed by atoms with E-state index in [0.29, 0.717) is 38.1 Å². The average molecular weight is 317 g/mol. The minimum Gasteiger partial charge on any atom is -0.748 e. The fourth-order valence-corrected chi connectivity index (χ4v) is 3.40. The first-order chi connectivity index (χ1) is 8.38. The summed E-state index contributed by atoms with van der Waals surface area (Å²) >= 11 is 1.28. The van der Waals surface area contributed by atoms with Crippen LogP contribution in [0.2, 0.25) is 0 Å². The molecule has 6 nitrogen and oxygen atoms in total. The minimum absolute atomic E-state index is 0. The fourth-order valence-electron chi connectivity index (χ4n) is 1.59. The molecule has 1 aliphatic heterocycles. The number of thioether (sulfide) groups is 1. The largest absolute Gasteiger partial charge is 1.00 e. The van der Waals surface area contributed by atoms with Crippen molar-refractivity contribution < 1.29 is 52.1 Å². The maximum absolute atomic E-state index is 11.7. The molecule has 1 amide bonds. The van der Waals surface area contributed by atoms with Crippen LogP contribution in [0, 0.1) is 0 Å². The van der Waals surface area contributed by atoms with Crippen LogP contribution in [0.25, 0.3) is 0 Å². The maximum atomic E-state index is 11.7. The van der Waals surface area contributed by atoms with Crippen LogP contribution in [0.4, 0.5) is 0 Å². The van der Waals surface area contributed by atoms with Gasteiger partial charge in [0, 0.05) is 49.6 Å². The molecule has 1 aliphatic rings. The molecule has 0 aromatic heterocycles. The predicted molar refractivity (Wildman–Crippen MR) is 67.3 cm³/mol. The number of nitrogens with zero attached hydrogens (tertiary/aromatic N) is 1. The van der Waals surface area contributed by atoms with Crippen LogP contribution in [0.5, 0.6) is 0 Å². The van der Waals surface area contributed by atoms with Crippen LogP contribution in [0.15, 0.2) is 0 Å². The van der Waals surface area contributed by atoms with E-state index in [1.807, 2.05) is 0 Å². The van der Waals surface area contributed by atoms with E-state index in [4.69, 9.17) is 0 Å². The Hall–Kier alpha value is 0.400. The summed E-state index contributed by atoms with van der Waals surface area (Å²) in [4.78, 5) is 24.3. The molecule has 0 aromatic rings. The second kappa shape index (κ2) is 9.36. The summed E-state index contributed by atoms with van der Waals surface area (Å²) in [5.74, 6) is 0.495. The van der Waals surface area contributed by atoms with E-state index >= 15 is 0 Å². The fraction of sp³-hybridized carbons (Fsp3) is 0.800. The molecule has 0 radical (unpaired) electrons. The molecule has 19 heavy (non-hydrogen) atoms. The number of Topliss-reactive ketones (excluding diaryl/α,β-unsaturated/α-hetero) is 1. The van der Waals surface area contributed by atoms with Crippen LogP contribution in [0.1, 0.15) is 19.3 Å². The van der Waals surface area contributed by atoms with Gasteiger partial charge < -0.3 is 9.45 Å². The zero-order chi connectivity index (χ0) is 13.6. The topological polar surface area (TPSA) is 94.6 Å². The first-order valence-corrected chi connectivity index (χ1v) is 8.42. The molecule has 1 rings (SSSR count). The minimum atomic E-state index is -4.16. The maximum Gasteiger partial charge on any atom is 1.00 e. The van der Waals surface area contributed by atoms with Gasteiger partial charge in [-0.25, -0.2) is 8.42 Å². The average Bonchev–Trinajstić information content (AvgIpc) is 2.27. The van der Waals surface area contributed by atoms with Crippen molar-refractivity contribution in [1.29, 1.82) is 0 Å². The molecule has 0 N–H and O–H groups in total. The number of hydrogen-bond donors (Lipinski definition) is 0. The number of carbonyl (C=O) groups excluding carboxylic acids is 2. The van der Waals surface area contributed by atoms with Gasteiger partial charge in [-0.2, -0.15) is 11.8 Å². The first kappa shape index (κ1) is 19.4. The van der Waals surface area contributed by atoms with Gasteiger partial charge in [-0.1, -0.05) is 0 Å². The Bertz CT molecular complexity index is 402. The number of likely N-dealkylation sites (tertiary alicyclic amines) is 1. The summed E-state index contributed by atoms with van der Waals surface area (Å²) in [6.07, 6.45) is 1.17. The van der Waals surface area contributed by atoms with E-state index in [2.05, 4.69) is 0 Å². The Morgan fingerprint density at radius 2 is 1.84 bits per heavy atom. The monoisotopic (exact) mass is 317 g/mol. The molecule has 1 fully saturated rings. The Morgan fingerprint density at radius 1 is 1.26 bits per heavy atom. The Labute approximate surface area is 139 Å². The van der Waals surface area contributed by atoms with Gasteiger partial charge in [0.05, 0.1) is 10.1 Å². The molecule has 9 heteroatoms. The second-order valence-corrected chi connectivity index (χ2v) is 6.79. The summed E-state index contributed by atoms with van der Waals surface area (Å²) in [7, 11) is -4.16. The molecular formula is C10H16NNaO5S2. The van der Waals surface area contributed by atoms with Gasteiger partial charge >= 0.3 is 29.6 Å². The van der Waals surface area contributed by atoms with E-state index in [9.17, 15) is 22.6 Å². The summed E-state index contributed by atoms with van der Waals surface area (Å²) < 4.78 is 31.0. The molecule has 0 spiro atoms. The Balaban J connectivity index is 0.00000324. The summed E-state index contributed by atoms with van der Waals surface area (Å²) in [6, 6.07) is 0. The van der Waals surface area contributed by atoms with E-state index in [0.717, 1.165) is 0 Å². The molecule has 0 bridgehead atoms. The molecule has 0 atom stereocenters. The normalized spacial score (nSPS) is 16.1. The molecular weight excluding hydrogens is 301 g/mol. The number of carbonyl (C=O) groups is 2. The number of rotatable bonds is 6. The van der Waals surface area contributed by atoms with Gasteiger partial charge in [-0.3, -0.25) is 9.59 Å². The number of hydrogen-bond acceptors (Lipinski definition) is 6. The molecule has 1 saturated heterocycles. The Kier molecular flexibility index (Phi) is 9.55. The quantitative estimate of drug-likeness (QED) is 0.292. The van der Waals surface area contributed by atoms with Gasteiger partial charge in [0.2, 0.25) is 5.91 Å². The number of amides is 1. The van der Waals surface area contributed by atoms with Crippen molar-refractivity contribution in [3.63, 3.8) is 0 Å². The zero-order valence-corrected chi connectivity index (χ0v) is 14.6. The summed E-state index contributed by atoms with van der Waals surface area (Å²) in [6.45, 7) is 0.967. The van der Waals surface area contributed by atoms with Crippen molar-refractivity contribution in [3.05, 3.63) is 0 Å². The molecule has 0 saturated carbocycles. The van der Waals surface area contributed by atoms with Crippen LogP contribution < -0.4 is 29.6 Å². The molecule has 0 aromatic carbocycles. The third-order valence-corrected chi connectivity index (χ3v) is 4.56. The molecule has 0 unspecified atom stereocenters. The second-order valence-electron chi connectivity index (χ2n) is 4.04. The Morgan fingerprint density at radius 3 is 2.37 bits per heavy atom. The SMILES string of the molecule is O=C1CCN(C(=O)CCSCCS(=O)(=O)[O-])CC1.[Na+]. The van der Waals surface area contributed by atoms with Crippen molar-refractivity contribution >= 4 is 33.6 Å². The molecule has 104 valence electrons. The van der Waals surface area contributed by atoms with E-state index in [1.54, 1.807) is 4.90 Å². The van der Waals surface area contributed by atoms with Crippen molar-refractivity contribution in [3.8, 4) is 0 Å². The molecule has 1 heterocycles. The number of piperidine rings is 1. The predicted octanol–water partition coefficient (Wildman–Crippen LogP) is -3.15. The van der Waals surface area contributed by atoms with Gasteiger partial charge in [-0.05, 0) is 0 Å². The van der Waals surface area contributed by atoms with Crippen molar-refractivity contribution in [2.75, 3.05) is 30.3 Å². The molecule has 0 aliphatic carbocycles. The third kappa shape index (κ3) is 9.04. The standard InChI is InChI=1S/C10H17NO5S2.Na/c12-9-1-4-11(5-2-9)10(13)3-6-17-7-8-18(14,15)16;/h1-8H2,(H,14,15,16);/q;+1/p-1. The third-order valence-electron chi connectivity index (χ3n) is 2.61. The van der Waals surface area contributed by atoms with Gasteiger partial charge in [0.1, 0.15) is 5.78 Å². The van der Waals surface area contributed by atoms with Crippen molar-refractivity contribution in [2.45, 2.75) is 19.3 Å². The van der Waals surface area contributed by atoms with Crippen molar-refractivity contribution in [2.24, 2.45) is 0 Å². The smallest absolute Gasteiger partial charge is 0.748 e. The van der Waals surface area contributed by atoms with E-state index in [-0.39, 0.29) is 47.0 Å². The number of ketones is 1. The van der Waals surface area contributed by atoms with Crippen LogP contribution in [-0.2, 0) is 19.7 Å². The van der Waals surface area contributed by atoms with Crippen LogP contribution in [0.3, 0.4) is 0 Å².